The molecule has 1 rings (SSSR count). The minimum atomic E-state index is 0.138. The van der Waals surface area contributed by atoms with E-state index in [1.54, 1.807) is 0 Å². The van der Waals surface area contributed by atoms with Gasteiger partial charge in [-0.15, -0.1) is 0 Å². The summed E-state index contributed by atoms with van der Waals surface area (Å²) in [6.45, 7) is 8.72. The van der Waals surface area contributed by atoms with E-state index in [0.717, 1.165) is 16.8 Å². The van der Waals surface area contributed by atoms with Gasteiger partial charge in [0.15, 0.2) is 0 Å². The topological polar surface area (TPSA) is 0 Å². The molecule has 0 fully saturated rings. The van der Waals surface area contributed by atoms with Crippen LogP contribution in [0, 0.1) is 13.8 Å². The second kappa shape index (κ2) is 4.88. The van der Waals surface area contributed by atoms with Gasteiger partial charge >= 0.3 is 0 Å². The maximum absolute atomic E-state index is 6.31. The van der Waals surface area contributed by atoms with Crippen molar-refractivity contribution in [3.05, 3.63) is 33.8 Å². The Labute approximate surface area is 106 Å². The maximum Gasteiger partial charge on any atom is 0.0446 e. The summed E-state index contributed by atoms with van der Waals surface area (Å²) in [6.07, 6.45) is 1.09. The maximum atomic E-state index is 6.31. The Balaban J connectivity index is 3.19. The zero-order chi connectivity index (χ0) is 11.6. The van der Waals surface area contributed by atoms with Crippen LogP contribution in [-0.2, 0) is 5.41 Å². The second-order valence-corrected chi connectivity index (χ2v) is 5.94. The molecular formula is C13H18BrCl. The van der Waals surface area contributed by atoms with Crippen LogP contribution >= 0.6 is 27.5 Å². The molecule has 0 spiro atoms. The number of benzene rings is 1. The molecule has 1 aromatic rings. The lowest BCUT2D eigenvalue weighted by atomic mass is 9.81. The largest absolute Gasteiger partial charge is 0.0928 e. The molecule has 0 radical (unpaired) electrons. The van der Waals surface area contributed by atoms with Gasteiger partial charge in [0.05, 0.1) is 0 Å². The molecule has 0 aliphatic rings. The Kier molecular flexibility index (Phi) is 4.25. The average Bonchev–Trinajstić information content (AvgIpc) is 2.11. The van der Waals surface area contributed by atoms with Crippen LogP contribution in [0.2, 0.25) is 5.02 Å². The Hall–Kier alpha value is -0.0100. The fourth-order valence-electron chi connectivity index (χ4n) is 1.67. The molecule has 1 aromatic carbocycles. The second-order valence-electron chi connectivity index (χ2n) is 4.74. The van der Waals surface area contributed by atoms with Gasteiger partial charge in [0.25, 0.3) is 0 Å². The Morgan fingerprint density at radius 2 is 1.73 bits per heavy atom. The molecule has 0 aliphatic heterocycles. The molecule has 0 aliphatic carbocycles. The summed E-state index contributed by atoms with van der Waals surface area (Å²) in [4.78, 5) is 0. The molecule has 0 bridgehead atoms. The quantitative estimate of drug-likeness (QED) is 0.685. The molecular weight excluding hydrogens is 272 g/mol. The van der Waals surface area contributed by atoms with Crippen molar-refractivity contribution in [2.24, 2.45) is 0 Å². The van der Waals surface area contributed by atoms with Crippen molar-refractivity contribution in [2.75, 3.05) is 5.33 Å². The van der Waals surface area contributed by atoms with Crippen molar-refractivity contribution in [1.82, 2.24) is 0 Å². The highest BCUT2D eigenvalue weighted by Gasteiger charge is 2.22. The normalized spacial score (nSPS) is 11.9. The summed E-state index contributed by atoms with van der Waals surface area (Å²) in [5.74, 6) is 0. The van der Waals surface area contributed by atoms with E-state index >= 15 is 0 Å². The van der Waals surface area contributed by atoms with Gasteiger partial charge in [-0.25, -0.2) is 0 Å². The summed E-state index contributed by atoms with van der Waals surface area (Å²) in [6, 6.07) is 4.29. The number of rotatable bonds is 3. The zero-order valence-corrected chi connectivity index (χ0v) is 12.2. The van der Waals surface area contributed by atoms with Gasteiger partial charge in [-0.3, -0.25) is 0 Å². The zero-order valence-electron chi connectivity index (χ0n) is 9.82. The Bertz CT molecular complexity index is 356. The summed E-state index contributed by atoms with van der Waals surface area (Å²) >= 11 is 9.80. The van der Waals surface area contributed by atoms with Gasteiger partial charge in [-0.2, -0.15) is 0 Å². The number of halogens is 2. The molecule has 0 N–H and O–H groups in total. The van der Waals surface area contributed by atoms with Gasteiger partial charge in [-0.05, 0) is 48.4 Å². The monoisotopic (exact) mass is 288 g/mol. The number of hydrogen-bond donors (Lipinski definition) is 0. The van der Waals surface area contributed by atoms with Gasteiger partial charge in [-0.1, -0.05) is 47.4 Å². The third kappa shape index (κ3) is 2.98. The standard InChI is InChI=1S/C13H18BrCl/c1-9-7-11(12(15)8-10(9)2)13(3,4)5-6-14/h7-8H,5-6H2,1-4H3. The molecule has 0 heterocycles. The van der Waals surface area contributed by atoms with Crippen molar-refractivity contribution in [3.8, 4) is 0 Å². The average molecular weight is 290 g/mol. The van der Waals surface area contributed by atoms with Gasteiger partial charge < -0.3 is 0 Å². The molecule has 0 unspecified atom stereocenters. The van der Waals surface area contributed by atoms with Crippen LogP contribution in [0.4, 0.5) is 0 Å². The number of alkyl halides is 1. The highest BCUT2D eigenvalue weighted by molar-refractivity contribution is 9.09. The molecule has 0 atom stereocenters. The van der Waals surface area contributed by atoms with Crippen LogP contribution in [0.5, 0.6) is 0 Å². The van der Waals surface area contributed by atoms with Gasteiger partial charge in [0.2, 0.25) is 0 Å². The van der Waals surface area contributed by atoms with Gasteiger partial charge in [0, 0.05) is 10.4 Å². The van der Waals surface area contributed by atoms with Crippen molar-refractivity contribution in [2.45, 2.75) is 39.5 Å². The lowest BCUT2D eigenvalue weighted by Gasteiger charge is -2.26. The lowest BCUT2D eigenvalue weighted by Crippen LogP contribution is -2.18. The fraction of sp³-hybridized carbons (Fsp3) is 0.538. The first-order valence-electron chi connectivity index (χ1n) is 5.21. The molecule has 0 saturated heterocycles. The van der Waals surface area contributed by atoms with Crippen molar-refractivity contribution < 1.29 is 0 Å². The number of aryl methyl sites for hydroxylation is 2. The van der Waals surface area contributed by atoms with E-state index in [0.29, 0.717) is 0 Å². The smallest absolute Gasteiger partial charge is 0.0446 e. The van der Waals surface area contributed by atoms with Crippen LogP contribution in [0.15, 0.2) is 12.1 Å². The van der Waals surface area contributed by atoms with E-state index in [4.69, 9.17) is 11.6 Å². The highest BCUT2D eigenvalue weighted by Crippen LogP contribution is 2.34. The predicted octanol–water partition coefficient (Wildman–Crippen LogP) is 5.02. The Morgan fingerprint density at radius 1 is 1.20 bits per heavy atom. The van der Waals surface area contributed by atoms with E-state index in [1.807, 2.05) is 0 Å². The van der Waals surface area contributed by atoms with Crippen molar-refractivity contribution >= 4 is 27.5 Å². The first-order chi connectivity index (χ1) is 6.88. The van der Waals surface area contributed by atoms with Crippen LogP contribution in [0.1, 0.15) is 37.0 Å². The highest BCUT2D eigenvalue weighted by atomic mass is 79.9. The molecule has 84 valence electrons. The lowest BCUT2D eigenvalue weighted by molar-refractivity contribution is 0.512. The van der Waals surface area contributed by atoms with Crippen molar-refractivity contribution in [1.29, 1.82) is 0 Å². The van der Waals surface area contributed by atoms with E-state index < -0.39 is 0 Å². The van der Waals surface area contributed by atoms with E-state index in [2.05, 4.69) is 55.8 Å². The van der Waals surface area contributed by atoms with Crippen LogP contribution < -0.4 is 0 Å². The summed E-state index contributed by atoms with van der Waals surface area (Å²) in [5.41, 5.74) is 3.97. The molecule has 0 nitrogen and oxygen atoms in total. The van der Waals surface area contributed by atoms with Crippen molar-refractivity contribution in [3.63, 3.8) is 0 Å². The third-order valence-corrected chi connectivity index (χ3v) is 3.74. The van der Waals surface area contributed by atoms with E-state index in [9.17, 15) is 0 Å². The molecule has 2 heteroatoms. The molecule has 0 amide bonds. The van der Waals surface area contributed by atoms with E-state index in [-0.39, 0.29) is 5.41 Å². The first kappa shape index (κ1) is 13.1. The summed E-state index contributed by atoms with van der Waals surface area (Å²) < 4.78 is 0. The molecule has 0 saturated carbocycles. The molecule has 0 aromatic heterocycles. The molecule has 15 heavy (non-hydrogen) atoms. The Morgan fingerprint density at radius 3 is 2.27 bits per heavy atom. The van der Waals surface area contributed by atoms with Gasteiger partial charge in [0.1, 0.15) is 0 Å². The minimum Gasteiger partial charge on any atom is -0.0928 e. The predicted molar refractivity (Wildman–Crippen MR) is 72.4 cm³/mol. The first-order valence-corrected chi connectivity index (χ1v) is 6.71. The summed E-state index contributed by atoms with van der Waals surface area (Å²) in [7, 11) is 0. The van der Waals surface area contributed by atoms with Crippen LogP contribution in [-0.4, -0.2) is 5.33 Å². The summed E-state index contributed by atoms with van der Waals surface area (Å²) in [5, 5.41) is 1.90. The van der Waals surface area contributed by atoms with Crippen LogP contribution in [0.3, 0.4) is 0 Å². The third-order valence-electron chi connectivity index (χ3n) is 3.03. The minimum absolute atomic E-state index is 0.138. The number of hydrogen-bond acceptors (Lipinski definition) is 0. The van der Waals surface area contributed by atoms with Crippen LogP contribution in [0.25, 0.3) is 0 Å². The van der Waals surface area contributed by atoms with E-state index in [1.165, 1.54) is 16.7 Å². The fourth-order valence-corrected chi connectivity index (χ4v) is 3.14. The SMILES string of the molecule is Cc1cc(Cl)c(C(C)(C)CCBr)cc1C.